The van der Waals surface area contributed by atoms with E-state index in [0.29, 0.717) is 12.2 Å². The number of carbonyl (C=O) groups is 2. The Morgan fingerprint density at radius 2 is 1.97 bits per heavy atom. The number of nitrogens with zero attached hydrogens (tertiary/aromatic N) is 4. The molecule has 0 aliphatic carbocycles. The molecule has 3 aromatic rings. The smallest absolute Gasteiger partial charge is 0.239 e. The van der Waals surface area contributed by atoms with Gasteiger partial charge in [0, 0.05) is 62.3 Å². The molecule has 30 heavy (non-hydrogen) atoms. The van der Waals surface area contributed by atoms with Crippen molar-refractivity contribution in [1.82, 2.24) is 19.9 Å². The Bertz CT molecular complexity index is 1070. The largest absolute Gasteiger partial charge is 0.369 e. The van der Waals surface area contributed by atoms with Crippen LogP contribution in [0.1, 0.15) is 22.8 Å². The van der Waals surface area contributed by atoms with E-state index in [2.05, 4.69) is 20.6 Å². The van der Waals surface area contributed by atoms with Crippen LogP contribution in [0.3, 0.4) is 0 Å². The molecular formula is C20H24Cl2N6O2. The van der Waals surface area contributed by atoms with Crippen molar-refractivity contribution in [2.45, 2.75) is 19.9 Å². The number of hydrogen-bond acceptors (Lipinski definition) is 6. The SMILES string of the molecule is CC(=O)n1ccc2c(CNC(=O)CN(C)c3ccnc4c3CCN4)ccnc21.Cl.Cl. The van der Waals surface area contributed by atoms with Crippen molar-refractivity contribution < 1.29 is 9.59 Å². The lowest BCUT2D eigenvalue weighted by Gasteiger charge is -2.21. The fraction of sp³-hybridized carbons (Fsp3) is 0.300. The summed E-state index contributed by atoms with van der Waals surface area (Å²) >= 11 is 0. The van der Waals surface area contributed by atoms with Gasteiger partial charge < -0.3 is 15.5 Å². The third kappa shape index (κ3) is 4.49. The van der Waals surface area contributed by atoms with Gasteiger partial charge in [0.15, 0.2) is 0 Å². The minimum Gasteiger partial charge on any atom is -0.369 e. The third-order valence-electron chi connectivity index (χ3n) is 4.98. The first-order chi connectivity index (χ1) is 13.5. The van der Waals surface area contributed by atoms with Crippen LogP contribution in [0.5, 0.6) is 0 Å². The zero-order chi connectivity index (χ0) is 19.7. The molecule has 4 heterocycles. The number of anilines is 2. The number of fused-ring (bicyclic) bond motifs is 2. The van der Waals surface area contributed by atoms with E-state index in [1.165, 1.54) is 11.5 Å². The standard InChI is InChI=1S/C20H22N6O2.2ClH/c1-13(27)26-10-6-15-14(3-7-23-20(15)26)11-24-18(28)12-25(2)17-5-9-22-19-16(17)4-8-21-19;;/h3,5-7,9-10H,4,8,11-12H2,1-2H3,(H,21,22)(H,24,28);2*1H. The maximum atomic E-state index is 12.5. The first kappa shape index (κ1) is 23.4. The maximum absolute atomic E-state index is 12.5. The van der Waals surface area contributed by atoms with Crippen LogP contribution in [0.15, 0.2) is 36.8 Å². The number of aromatic nitrogens is 3. The van der Waals surface area contributed by atoms with Crippen molar-refractivity contribution in [1.29, 1.82) is 0 Å². The van der Waals surface area contributed by atoms with Gasteiger partial charge in [0.05, 0.1) is 6.54 Å². The molecule has 4 rings (SSSR count). The average molecular weight is 451 g/mol. The summed E-state index contributed by atoms with van der Waals surface area (Å²) in [5.74, 6) is 0.735. The first-order valence-electron chi connectivity index (χ1n) is 9.20. The predicted octanol–water partition coefficient (Wildman–Crippen LogP) is 2.66. The van der Waals surface area contributed by atoms with Crippen LogP contribution < -0.4 is 15.5 Å². The normalized spacial score (nSPS) is 11.7. The lowest BCUT2D eigenvalue weighted by molar-refractivity contribution is -0.119. The summed E-state index contributed by atoms with van der Waals surface area (Å²) in [7, 11) is 1.91. The Kier molecular flexibility index (Phi) is 7.64. The van der Waals surface area contributed by atoms with E-state index in [4.69, 9.17) is 0 Å². The molecule has 0 bridgehead atoms. The van der Waals surface area contributed by atoms with Gasteiger partial charge in [0.2, 0.25) is 11.8 Å². The minimum atomic E-state index is -0.0929. The number of halogens is 2. The molecule has 1 amide bonds. The molecule has 1 aliphatic rings. The van der Waals surface area contributed by atoms with Crippen LogP contribution in [-0.2, 0) is 17.8 Å². The van der Waals surface area contributed by atoms with Crippen LogP contribution in [0.4, 0.5) is 11.5 Å². The van der Waals surface area contributed by atoms with E-state index >= 15 is 0 Å². The van der Waals surface area contributed by atoms with Gasteiger partial charge in [-0.2, -0.15) is 0 Å². The fourth-order valence-corrected chi connectivity index (χ4v) is 3.60. The molecule has 160 valence electrons. The van der Waals surface area contributed by atoms with E-state index in [-0.39, 0.29) is 43.2 Å². The molecule has 0 aromatic carbocycles. The second-order valence-corrected chi connectivity index (χ2v) is 6.88. The highest BCUT2D eigenvalue weighted by Crippen LogP contribution is 2.29. The summed E-state index contributed by atoms with van der Waals surface area (Å²) in [6.07, 6.45) is 6.03. The van der Waals surface area contributed by atoms with E-state index in [0.717, 1.165) is 41.0 Å². The summed E-state index contributed by atoms with van der Waals surface area (Å²) < 4.78 is 1.51. The molecule has 3 aromatic heterocycles. The van der Waals surface area contributed by atoms with Crippen LogP contribution in [0.25, 0.3) is 11.0 Å². The molecule has 0 atom stereocenters. The number of nitrogens with one attached hydrogen (secondary N) is 2. The van der Waals surface area contributed by atoms with E-state index < -0.39 is 0 Å². The van der Waals surface area contributed by atoms with Gasteiger partial charge in [-0.1, -0.05) is 0 Å². The van der Waals surface area contributed by atoms with Crippen molar-refractivity contribution in [2.24, 2.45) is 0 Å². The summed E-state index contributed by atoms with van der Waals surface area (Å²) in [4.78, 5) is 34.7. The molecule has 1 aliphatic heterocycles. The average Bonchev–Trinajstić information content (AvgIpc) is 3.32. The van der Waals surface area contributed by atoms with Crippen LogP contribution >= 0.6 is 24.8 Å². The monoisotopic (exact) mass is 450 g/mol. The highest BCUT2D eigenvalue weighted by atomic mass is 35.5. The quantitative estimate of drug-likeness (QED) is 0.620. The molecule has 0 spiro atoms. The molecule has 0 fully saturated rings. The van der Waals surface area contributed by atoms with Gasteiger partial charge in [-0.25, -0.2) is 9.97 Å². The zero-order valence-electron chi connectivity index (χ0n) is 16.7. The molecule has 10 heteroatoms. The molecular weight excluding hydrogens is 427 g/mol. The van der Waals surface area contributed by atoms with Gasteiger partial charge in [-0.05, 0) is 30.2 Å². The molecule has 0 saturated heterocycles. The Morgan fingerprint density at radius 1 is 1.20 bits per heavy atom. The van der Waals surface area contributed by atoms with Crippen molar-refractivity contribution in [3.05, 3.63) is 47.9 Å². The number of rotatable bonds is 5. The van der Waals surface area contributed by atoms with E-state index in [9.17, 15) is 9.59 Å². The second kappa shape index (κ2) is 9.77. The molecule has 8 nitrogen and oxygen atoms in total. The fourth-order valence-electron chi connectivity index (χ4n) is 3.60. The summed E-state index contributed by atoms with van der Waals surface area (Å²) in [6.45, 7) is 3.00. The lowest BCUT2D eigenvalue weighted by atomic mass is 10.1. The number of likely N-dealkylation sites (N-methyl/N-ethyl adjacent to an activating group) is 1. The number of amides is 1. The maximum Gasteiger partial charge on any atom is 0.239 e. The Labute approximate surface area is 186 Å². The predicted molar refractivity (Wildman–Crippen MR) is 122 cm³/mol. The Balaban J connectivity index is 0.00000160. The number of pyridine rings is 2. The summed E-state index contributed by atoms with van der Waals surface area (Å²) in [5, 5.41) is 7.08. The molecule has 0 saturated carbocycles. The van der Waals surface area contributed by atoms with Gasteiger partial charge >= 0.3 is 0 Å². The van der Waals surface area contributed by atoms with Gasteiger partial charge in [0.25, 0.3) is 0 Å². The highest BCUT2D eigenvalue weighted by Gasteiger charge is 2.19. The molecule has 0 unspecified atom stereocenters. The van der Waals surface area contributed by atoms with Crippen molar-refractivity contribution >= 4 is 59.2 Å². The number of carbonyl (C=O) groups excluding carboxylic acids is 2. The molecule has 0 radical (unpaired) electrons. The highest BCUT2D eigenvalue weighted by molar-refractivity contribution is 5.91. The molecule has 2 N–H and O–H groups in total. The van der Waals surface area contributed by atoms with Gasteiger partial charge in [-0.3, -0.25) is 14.2 Å². The number of hydrogen-bond donors (Lipinski definition) is 2. The Morgan fingerprint density at radius 3 is 2.73 bits per heavy atom. The van der Waals surface area contributed by atoms with Crippen molar-refractivity contribution in [3.8, 4) is 0 Å². The third-order valence-corrected chi connectivity index (χ3v) is 4.98. The van der Waals surface area contributed by atoms with Gasteiger partial charge in [0.1, 0.15) is 11.5 Å². The minimum absolute atomic E-state index is 0. The van der Waals surface area contributed by atoms with Crippen LogP contribution in [0.2, 0.25) is 0 Å². The van der Waals surface area contributed by atoms with Crippen molar-refractivity contribution in [2.75, 3.05) is 30.4 Å². The summed E-state index contributed by atoms with van der Waals surface area (Å²) in [5.41, 5.74) is 3.71. The van der Waals surface area contributed by atoms with Crippen LogP contribution in [0, 0.1) is 0 Å². The Hall–Kier alpha value is -2.84. The zero-order valence-corrected chi connectivity index (χ0v) is 18.3. The van der Waals surface area contributed by atoms with Crippen molar-refractivity contribution in [3.63, 3.8) is 0 Å². The summed E-state index contributed by atoms with van der Waals surface area (Å²) in [6, 6.07) is 5.65. The van der Waals surface area contributed by atoms with E-state index in [1.54, 1.807) is 18.6 Å². The first-order valence-corrected chi connectivity index (χ1v) is 9.20. The van der Waals surface area contributed by atoms with Crippen LogP contribution in [-0.4, -0.2) is 46.5 Å². The van der Waals surface area contributed by atoms with Gasteiger partial charge in [-0.15, -0.1) is 24.8 Å². The second-order valence-electron chi connectivity index (χ2n) is 6.88. The topological polar surface area (TPSA) is 92.2 Å². The van der Waals surface area contributed by atoms with E-state index in [1.807, 2.05) is 30.1 Å². The lowest BCUT2D eigenvalue weighted by Crippen LogP contribution is -2.35.